The van der Waals surface area contributed by atoms with Gasteiger partial charge in [0.25, 0.3) is 0 Å². The van der Waals surface area contributed by atoms with Crippen LogP contribution in [0.3, 0.4) is 0 Å². The van der Waals surface area contributed by atoms with E-state index < -0.39 is 0 Å². The summed E-state index contributed by atoms with van der Waals surface area (Å²) < 4.78 is 0. The molecule has 6 heteroatoms. The molecule has 1 atom stereocenters. The maximum atomic E-state index is 12.0. The van der Waals surface area contributed by atoms with Crippen LogP contribution in [0.25, 0.3) is 0 Å². The monoisotopic (exact) mass is 336 g/mol. The first kappa shape index (κ1) is 17.8. The van der Waals surface area contributed by atoms with Crippen LogP contribution in [0.4, 0.5) is 0 Å². The third-order valence-corrected chi connectivity index (χ3v) is 4.77. The average molecular weight is 337 g/mol. The van der Waals surface area contributed by atoms with Gasteiger partial charge in [-0.25, -0.2) is 0 Å². The number of thiophene rings is 1. The second kappa shape index (κ2) is 9.55. The number of carbonyl (C=O) groups excluding carboxylic acids is 1. The van der Waals surface area contributed by atoms with Crippen molar-refractivity contribution in [3.8, 4) is 0 Å². The van der Waals surface area contributed by atoms with Gasteiger partial charge in [-0.1, -0.05) is 6.92 Å². The van der Waals surface area contributed by atoms with Gasteiger partial charge in [-0.05, 0) is 42.2 Å². The molecule has 128 valence electrons. The molecule has 1 aromatic rings. The Hall–Kier alpha value is -1.56. The van der Waals surface area contributed by atoms with E-state index in [9.17, 15) is 4.79 Å². The Kier molecular flexibility index (Phi) is 7.39. The second-order valence-electron chi connectivity index (χ2n) is 5.94. The van der Waals surface area contributed by atoms with E-state index in [2.05, 4.69) is 46.3 Å². The van der Waals surface area contributed by atoms with Crippen LogP contribution >= 0.6 is 11.3 Å². The quantitative estimate of drug-likeness (QED) is 0.594. The predicted octanol–water partition coefficient (Wildman–Crippen LogP) is 2.42. The standard InChI is InChI=1S/C17H28N4OS/c1-3-18-17(20-12-14(2)15-7-11-23-13-15)19-8-6-16(22)21-9-4-5-10-21/h7,11,13-14H,3-6,8-10,12H2,1-2H3,(H2,18,19,20). The number of aliphatic imine (C=N–C) groups is 1. The van der Waals surface area contributed by atoms with Crippen LogP contribution in [0.2, 0.25) is 0 Å². The number of nitrogens with zero attached hydrogens (tertiary/aromatic N) is 2. The summed E-state index contributed by atoms with van der Waals surface area (Å²) in [5, 5.41) is 10.8. The number of guanidine groups is 1. The van der Waals surface area contributed by atoms with Crippen LogP contribution in [0.1, 0.15) is 44.6 Å². The van der Waals surface area contributed by atoms with Crippen LogP contribution in [0, 0.1) is 0 Å². The lowest BCUT2D eigenvalue weighted by Crippen LogP contribution is -2.40. The van der Waals surface area contributed by atoms with Crippen LogP contribution < -0.4 is 10.6 Å². The summed E-state index contributed by atoms with van der Waals surface area (Å²) in [4.78, 5) is 18.6. The molecule has 1 amide bonds. The number of nitrogens with one attached hydrogen (secondary N) is 2. The molecule has 2 heterocycles. The third kappa shape index (κ3) is 5.86. The Labute approximate surface area is 143 Å². The molecule has 1 aliphatic heterocycles. The van der Waals surface area contributed by atoms with Crippen molar-refractivity contribution in [1.29, 1.82) is 0 Å². The SMILES string of the molecule is CCNC(=NCC(C)c1ccsc1)NCCC(=O)N1CCCC1. The Morgan fingerprint density at radius 2 is 2.17 bits per heavy atom. The average Bonchev–Trinajstić information content (AvgIpc) is 3.24. The van der Waals surface area contributed by atoms with Gasteiger partial charge < -0.3 is 15.5 Å². The second-order valence-corrected chi connectivity index (χ2v) is 6.72. The van der Waals surface area contributed by atoms with Crippen molar-refractivity contribution < 1.29 is 4.79 Å². The Morgan fingerprint density at radius 1 is 1.39 bits per heavy atom. The van der Waals surface area contributed by atoms with Crippen molar-refractivity contribution in [2.45, 2.75) is 39.0 Å². The van der Waals surface area contributed by atoms with E-state index in [4.69, 9.17) is 0 Å². The summed E-state index contributed by atoms with van der Waals surface area (Å²) in [5.74, 6) is 1.45. The van der Waals surface area contributed by atoms with Crippen molar-refractivity contribution in [2.24, 2.45) is 4.99 Å². The molecule has 0 radical (unpaired) electrons. The Morgan fingerprint density at radius 3 is 2.83 bits per heavy atom. The molecule has 0 aromatic carbocycles. The molecular weight excluding hydrogens is 308 g/mol. The van der Waals surface area contributed by atoms with E-state index >= 15 is 0 Å². The Balaban J connectivity index is 1.76. The van der Waals surface area contributed by atoms with Crippen molar-refractivity contribution >= 4 is 23.2 Å². The highest BCUT2D eigenvalue weighted by atomic mass is 32.1. The number of likely N-dealkylation sites (tertiary alicyclic amines) is 1. The van der Waals surface area contributed by atoms with Crippen molar-refractivity contribution in [2.75, 3.05) is 32.7 Å². The number of carbonyl (C=O) groups is 1. The molecule has 2 rings (SSSR count). The highest BCUT2D eigenvalue weighted by Crippen LogP contribution is 2.18. The summed E-state index contributed by atoms with van der Waals surface area (Å²) in [6.45, 7) is 8.27. The smallest absolute Gasteiger partial charge is 0.224 e. The van der Waals surface area contributed by atoms with E-state index in [0.717, 1.165) is 45.0 Å². The van der Waals surface area contributed by atoms with Gasteiger partial charge >= 0.3 is 0 Å². The van der Waals surface area contributed by atoms with Gasteiger partial charge in [0.1, 0.15) is 0 Å². The van der Waals surface area contributed by atoms with Crippen molar-refractivity contribution in [3.63, 3.8) is 0 Å². The molecule has 1 aliphatic rings. The zero-order valence-electron chi connectivity index (χ0n) is 14.2. The highest BCUT2D eigenvalue weighted by Gasteiger charge is 2.17. The Bertz CT molecular complexity index is 495. The molecule has 2 N–H and O–H groups in total. The predicted molar refractivity (Wildman–Crippen MR) is 97.1 cm³/mol. The number of hydrogen-bond donors (Lipinski definition) is 2. The fraction of sp³-hybridized carbons (Fsp3) is 0.647. The topological polar surface area (TPSA) is 56.7 Å². The minimum absolute atomic E-state index is 0.248. The van der Waals surface area contributed by atoms with Crippen LogP contribution in [0.15, 0.2) is 21.8 Å². The number of amides is 1. The summed E-state index contributed by atoms with van der Waals surface area (Å²) in [6, 6.07) is 2.15. The highest BCUT2D eigenvalue weighted by molar-refractivity contribution is 7.07. The molecule has 0 aliphatic carbocycles. The van der Waals surface area contributed by atoms with Crippen molar-refractivity contribution in [3.05, 3.63) is 22.4 Å². The van der Waals surface area contributed by atoms with E-state index in [1.54, 1.807) is 11.3 Å². The van der Waals surface area contributed by atoms with E-state index in [0.29, 0.717) is 18.9 Å². The van der Waals surface area contributed by atoms with Gasteiger partial charge in [0.05, 0.1) is 0 Å². The molecule has 0 bridgehead atoms. The lowest BCUT2D eigenvalue weighted by atomic mass is 10.1. The van der Waals surface area contributed by atoms with Gasteiger partial charge in [-0.2, -0.15) is 11.3 Å². The van der Waals surface area contributed by atoms with Gasteiger partial charge in [0, 0.05) is 45.1 Å². The molecular formula is C17H28N4OS. The summed E-state index contributed by atoms with van der Waals surface area (Å²) in [5.41, 5.74) is 1.33. The van der Waals surface area contributed by atoms with E-state index in [1.807, 2.05) is 4.90 Å². The normalized spacial score (nSPS) is 16.4. The van der Waals surface area contributed by atoms with E-state index in [-0.39, 0.29) is 5.91 Å². The fourth-order valence-electron chi connectivity index (χ4n) is 2.64. The lowest BCUT2D eigenvalue weighted by Gasteiger charge is -2.16. The van der Waals surface area contributed by atoms with E-state index in [1.165, 1.54) is 5.56 Å². The van der Waals surface area contributed by atoms with Crippen LogP contribution in [-0.2, 0) is 4.79 Å². The first-order valence-corrected chi connectivity index (χ1v) is 9.47. The fourth-order valence-corrected chi connectivity index (χ4v) is 3.43. The zero-order chi connectivity index (χ0) is 16.5. The summed E-state index contributed by atoms with van der Waals surface area (Å²) in [7, 11) is 0. The van der Waals surface area contributed by atoms with Gasteiger partial charge in [0.2, 0.25) is 5.91 Å². The molecule has 0 saturated carbocycles. The lowest BCUT2D eigenvalue weighted by molar-refractivity contribution is -0.129. The first-order valence-electron chi connectivity index (χ1n) is 8.52. The summed E-state index contributed by atoms with van der Waals surface area (Å²) >= 11 is 1.72. The molecule has 1 fully saturated rings. The van der Waals surface area contributed by atoms with Gasteiger partial charge in [-0.15, -0.1) is 0 Å². The van der Waals surface area contributed by atoms with Gasteiger partial charge in [0.15, 0.2) is 5.96 Å². The molecule has 23 heavy (non-hydrogen) atoms. The molecule has 0 spiro atoms. The molecule has 1 saturated heterocycles. The third-order valence-electron chi connectivity index (χ3n) is 4.07. The summed E-state index contributed by atoms with van der Waals surface area (Å²) in [6.07, 6.45) is 2.82. The maximum absolute atomic E-state index is 12.0. The van der Waals surface area contributed by atoms with Crippen LogP contribution in [0.5, 0.6) is 0 Å². The maximum Gasteiger partial charge on any atom is 0.224 e. The minimum Gasteiger partial charge on any atom is -0.357 e. The minimum atomic E-state index is 0.248. The largest absolute Gasteiger partial charge is 0.357 e. The van der Waals surface area contributed by atoms with Crippen molar-refractivity contribution in [1.82, 2.24) is 15.5 Å². The molecule has 5 nitrogen and oxygen atoms in total. The van der Waals surface area contributed by atoms with Gasteiger partial charge in [-0.3, -0.25) is 9.79 Å². The van der Waals surface area contributed by atoms with Crippen LogP contribution in [-0.4, -0.2) is 49.5 Å². The molecule has 1 aromatic heterocycles. The number of rotatable bonds is 7. The molecule has 1 unspecified atom stereocenters. The zero-order valence-corrected chi connectivity index (χ0v) is 15.0. The number of hydrogen-bond acceptors (Lipinski definition) is 3. The first-order chi connectivity index (χ1) is 11.2.